The molecular formula is C21H20BrN5O2S. The molecule has 0 atom stereocenters. The van der Waals surface area contributed by atoms with Crippen molar-refractivity contribution in [3.63, 3.8) is 0 Å². The molecule has 0 saturated heterocycles. The van der Waals surface area contributed by atoms with E-state index in [2.05, 4.69) is 36.5 Å². The molecule has 0 amide bonds. The first-order valence-corrected chi connectivity index (χ1v) is 10.8. The molecule has 0 unspecified atom stereocenters. The summed E-state index contributed by atoms with van der Waals surface area (Å²) in [5.74, 6) is 1.84. The van der Waals surface area contributed by atoms with Crippen LogP contribution in [-0.2, 0) is 13.0 Å². The van der Waals surface area contributed by atoms with Crippen molar-refractivity contribution in [2.75, 3.05) is 20.0 Å². The number of ether oxygens (including phenoxy) is 2. The number of anilines is 1. The predicted octanol–water partition coefficient (Wildman–Crippen LogP) is 4.58. The summed E-state index contributed by atoms with van der Waals surface area (Å²) in [6, 6.07) is 13.8. The number of aryl methyl sites for hydroxylation is 2. The lowest BCUT2D eigenvalue weighted by atomic mass is 10.1. The fraction of sp³-hybridized carbons (Fsp3) is 0.190. The number of halogens is 1. The average Bonchev–Trinajstić information content (AvgIpc) is 3.11. The Bertz CT molecular complexity index is 1200. The largest absolute Gasteiger partial charge is 0.497 e. The number of hydrogen-bond donors (Lipinski definition) is 1. The minimum atomic E-state index is 0.360. The van der Waals surface area contributed by atoms with Gasteiger partial charge in [0, 0.05) is 11.0 Å². The second kappa shape index (κ2) is 8.93. The zero-order valence-electron chi connectivity index (χ0n) is 16.5. The SMILES string of the molecule is COc1ccc(OC)c(Sc2nc3c(N)ncnc3n2CCc2ccccc2Br)c1. The molecule has 2 heterocycles. The number of nitrogens with two attached hydrogens (primary N) is 1. The summed E-state index contributed by atoms with van der Waals surface area (Å²) in [6.45, 7) is 0.685. The highest BCUT2D eigenvalue weighted by Crippen LogP contribution is 2.38. The van der Waals surface area contributed by atoms with Crippen LogP contribution in [0.5, 0.6) is 11.5 Å². The van der Waals surface area contributed by atoms with Crippen LogP contribution in [0.15, 0.2) is 63.3 Å². The Labute approximate surface area is 186 Å². The molecule has 154 valence electrons. The molecule has 0 radical (unpaired) electrons. The van der Waals surface area contributed by atoms with E-state index in [-0.39, 0.29) is 0 Å². The third kappa shape index (κ3) is 4.08. The Morgan fingerprint density at radius 1 is 1.10 bits per heavy atom. The molecule has 2 aromatic heterocycles. The van der Waals surface area contributed by atoms with Crippen molar-refractivity contribution in [1.29, 1.82) is 0 Å². The maximum absolute atomic E-state index is 6.08. The van der Waals surface area contributed by atoms with Crippen LogP contribution in [0, 0.1) is 0 Å². The van der Waals surface area contributed by atoms with E-state index in [1.54, 1.807) is 14.2 Å². The summed E-state index contributed by atoms with van der Waals surface area (Å²) in [4.78, 5) is 14.2. The highest BCUT2D eigenvalue weighted by Gasteiger charge is 2.18. The van der Waals surface area contributed by atoms with Gasteiger partial charge in [0.25, 0.3) is 0 Å². The number of fused-ring (bicyclic) bond motifs is 1. The van der Waals surface area contributed by atoms with Crippen molar-refractivity contribution in [1.82, 2.24) is 19.5 Å². The average molecular weight is 486 g/mol. The molecule has 7 nitrogen and oxygen atoms in total. The molecule has 4 rings (SSSR count). The van der Waals surface area contributed by atoms with E-state index < -0.39 is 0 Å². The van der Waals surface area contributed by atoms with Crippen molar-refractivity contribution in [3.8, 4) is 11.5 Å². The number of nitrogens with zero attached hydrogens (tertiary/aromatic N) is 4. The molecular weight excluding hydrogens is 466 g/mol. The quantitative estimate of drug-likeness (QED) is 0.409. The van der Waals surface area contributed by atoms with Crippen molar-refractivity contribution in [2.24, 2.45) is 0 Å². The first-order valence-electron chi connectivity index (χ1n) is 9.20. The second-order valence-electron chi connectivity index (χ2n) is 6.44. The van der Waals surface area contributed by atoms with E-state index in [4.69, 9.17) is 20.2 Å². The standard InChI is InChI=1S/C21H20BrN5O2S/c1-28-14-7-8-16(29-2)17(11-14)30-21-26-18-19(23)24-12-25-20(18)27(21)10-9-13-5-3-4-6-15(13)22/h3-8,11-12H,9-10H2,1-2H3,(H2,23,24,25). The van der Waals surface area contributed by atoms with Gasteiger partial charge in [0.15, 0.2) is 22.1 Å². The number of nitrogen functional groups attached to an aromatic ring is 1. The third-order valence-corrected chi connectivity index (χ3v) is 6.47. The molecule has 0 aliphatic carbocycles. The maximum Gasteiger partial charge on any atom is 0.175 e. The Hall–Kier alpha value is -2.78. The van der Waals surface area contributed by atoms with Gasteiger partial charge in [-0.05, 0) is 48.0 Å². The summed E-state index contributed by atoms with van der Waals surface area (Å²) in [5, 5.41) is 0.760. The first kappa shape index (κ1) is 20.5. The normalized spacial score (nSPS) is 11.0. The zero-order chi connectivity index (χ0) is 21.1. The van der Waals surface area contributed by atoms with Crippen molar-refractivity contribution >= 4 is 44.7 Å². The minimum Gasteiger partial charge on any atom is -0.497 e. The molecule has 9 heteroatoms. The van der Waals surface area contributed by atoms with Gasteiger partial charge in [0.2, 0.25) is 0 Å². The molecule has 30 heavy (non-hydrogen) atoms. The highest BCUT2D eigenvalue weighted by atomic mass is 79.9. The smallest absolute Gasteiger partial charge is 0.175 e. The van der Waals surface area contributed by atoms with Gasteiger partial charge in [0.1, 0.15) is 17.8 Å². The molecule has 0 fully saturated rings. The van der Waals surface area contributed by atoms with Gasteiger partial charge in [0.05, 0.1) is 19.1 Å². The second-order valence-corrected chi connectivity index (χ2v) is 8.30. The lowest BCUT2D eigenvalue weighted by Gasteiger charge is -2.12. The molecule has 0 aliphatic rings. The summed E-state index contributed by atoms with van der Waals surface area (Å²) in [6.07, 6.45) is 2.27. The topological polar surface area (TPSA) is 88.1 Å². The monoisotopic (exact) mass is 485 g/mol. The van der Waals surface area contributed by atoms with E-state index in [0.717, 1.165) is 32.4 Å². The fourth-order valence-corrected chi connectivity index (χ4v) is 4.64. The number of imidazole rings is 1. The van der Waals surface area contributed by atoms with E-state index in [1.165, 1.54) is 23.7 Å². The fourth-order valence-electron chi connectivity index (χ4n) is 3.11. The summed E-state index contributed by atoms with van der Waals surface area (Å²) in [7, 11) is 3.28. The number of aromatic nitrogens is 4. The predicted molar refractivity (Wildman–Crippen MR) is 121 cm³/mol. The van der Waals surface area contributed by atoms with Crippen LogP contribution >= 0.6 is 27.7 Å². The Kier molecular flexibility index (Phi) is 6.10. The maximum atomic E-state index is 6.08. The van der Waals surface area contributed by atoms with Gasteiger partial charge in [-0.3, -0.25) is 0 Å². The Morgan fingerprint density at radius 3 is 2.70 bits per heavy atom. The molecule has 2 aromatic carbocycles. The lowest BCUT2D eigenvalue weighted by molar-refractivity contribution is 0.394. The van der Waals surface area contributed by atoms with Gasteiger partial charge < -0.3 is 19.8 Å². The van der Waals surface area contributed by atoms with Crippen molar-refractivity contribution in [3.05, 3.63) is 58.8 Å². The van der Waals surface area contributed by atoms with Crippen LogP contribution < -0.4 is 15.2 Å². The van der Waals surface area contributed by atoms with Crippen LogP contribution in [0.1, 0.15) is 5.56 Å². The minimum absolute atomic E-state index is 0.360. The summed E-state index contributed by atoms with van der Waals surface area (Å²) in [5.41, 5.74) is 8.58. The van der Waals surface area contributed by atoms with Crippen LogP contribution in [0.3, 0.4) is 0 Å². The Balaban J connectivity index is 1.75. The summed E-state index contributed by atoms with van der Waals surface area (Å²) < 4.78 is 14.0. The number of methoxy groups -OCH3 is 2. The van der Waals surface area contributed by atoms with Gasteiger partial charge in [-0.15, -0.1) is 0 Å². The van der Waals surface area contributed by atoms with E-state index in [1.807, 2.05) is 36.4 Å². The highest BCUT2D eigenvalue weighted by molar-refractivity contribution is 9.10. The molecule has 4 aromatic rings. The van der Waals surface area contributed by atoms with E-state index >= 15 is 0 Å². The molecule has 0 saturated carbocycles. The summed E-state index contributed by atoms with van der Waals surface area (Å²) >= 11 is 5.10. The number of rotatable bonds is 7. The van der Waals surface area contributed by atoms with Gasteiger partial charge in [-0.1, -0.05) is 34.1 Å². The Morgan fingerprint density at radius 2 is 1.93 bits per heavy atom. The van der Waals surface area contributed by atoms with Gasteiger partial charge in [-0.2, -0.15) is 0 Å². The zero-order valence-corrected chi connectivity index (χ0v) is 18.9. The van der Waals surface area contributed by atoms with Gasteiger partial charge >= 0.3 is 0 Å². The van der Waals surface area contributed by atoms with Gasteiger partial charge in [-0.25, -0.2) is 15.0 Å². The van der Waals surface area contributed by atoms with E-state index in [9.17, 15) is 0 Å². The molecule has 0 spiro atoms. The number of hydrogen-bond acceptors (Lipinski definition) is 7. The van der Waals surface area contributed by atoms with Crippen LogP contribution in [0.25, 0.3) is 11.2 Å². The van der Waals surface area contributed by atoms with Crippen LogP contribution in [-0.4, -0.2) is 33.7 Å². The lowest BCUT2D eigenvalue weighted by Crippen LogP contribution is -2.05. The van der Waals surface area contributed by atoms with Crippen LogP contribution in [0.4, 0.5) is 5.82 Å². The van der Waals surface area contributed by atoms with Crippen LogP contribution in [0.2, 0.25) is 0 Å². The van der Waals surface area contributed by atoms with E-state index in [0.29, 0.717) is 23.5 Å². The molecule has 2 N–H and O–H groups in total. The van der Waals surface area contributed by atoms with Crippen molar-refractivity contribution in [2.45, 2.75) is 23.0 Å². The molecule has 0 bridgehead atoms. The third-order valence-electron chi connectivity index (χ3n) is 4.66. The van der Waals surface area contributed by atoms with Crippen molar-refractivity contribution < 1.29 is 9.47 Å². The molecule has 0 aliphatic heterocycles. The first-order chi connectivity index (χ1) is 14.6. The number of benzene rings is 2.